The van der Waals surface area contributed by atoms with Crippen LogP contribution in [0.3, 0.4) is 0 Å². The van der Waals surface area contributed by atoms with Crippen molar-refractivity contribution in [2.24, 2.45) is 0 Å². The molecular formula is C50H30O. The monoisotopic (exact) mass is 654 g/mol. The van der Waals surface area contributed by atoms with Crippen molar-refractivity contribution in [2.75, 3.05) is 0 Å². The summed E-state index contributed by atoms with van der Waals surface area (Å²) >= 11 is 0. The highest BCUT2D eigenvalue weighted by molar-refractivity contribution is 6.27. The molecule has 0 radical (unpaired) electrons. The molecule has 51 heavy (non-hydrogen) atoms. The third-order valence-corrected chi connectivity index (χ3v) is 10.3. The predicted molar refractivity (Wildman–Crippen MR) is 218 cm³/mol. The minimum absolute atomic E-state index is 0.176. The second-order valence-electron chi connectivity index (χ2n) is 13.0. The molecule has 11 rings (SSSR count). The van der Waals surface area contributed by atoms with Crippen LogP contribution in [0.4, 0.5) is 0 Å². The molecule has 0 aliphatic rings. The molecule has 11 aromatic rings. The van der Waals surface area contributed by atoms with E-state index in [0.717, 1.165) is 59.8 Å². The Bertz CT molecular complexity index is 3580. The lowest BCUT2D eigenvalue weighted by Gasteiger charge is -2.22. The van der Waals surface area contributed by atoms with Crippen LogP contribution in [0, 0.1) is 0 Å². The topological polar surface area (TPSA) is 13.1 Å². The first-order valence-electron chi connectivity index (χ1n) is 20.9. The average Bonchev–Trinajstić information content (AvgIpc) is 3.66. The smallest absolute Gasteiger partial charge is 0.136 e. The number of furan rings is 1. The van der Waals surface area contributed by atoms with E-state index in [1.807, 2.05) is 115 Å². The number of rotatable bonds is 3. The lowest BCUT2D eigenvalue weighted by atomic mass is 9.81. The SMILES string of the molecule is [2H]c1c([2H])c([2H])c2c(-c3c(-c4ccc5oc6ccc7ccccc7c6c5c4)ccc4ccccc34)c3c([2H])c([2H])c([2H])c([2H])c3c(-c3cccc4ccccc34)c2c1[2H]. The quantitative estimate of drug-likeness (QED) is 0.173. The van der Waals surface area contributed by atoms with Crippen molar-refractivity contribution >= 4 is 75.8 Å². The first-order valence-corrected chi connectivity index (χ1v) is 16.9. The van der Waals surface area contributed by atoms with Crippen LogP contribution in [-0.2, 0) is 0 Å². The molecule has 0 aliphatic heterocycles. The van der Waals surface area contributed by atoms with Crippen LogP contribution in [-0.4, -0.2) is 0 Å². The summed E-state index contributed by atoms with van der Waals surface area (Å²) in [5.74, 6) is 0. The van der Waals surface area contributed by atoms with E-state index in [2.05, 4.69) is 18.2 Å². The van der Waals surface area contributed by atoms with Crippen molar-refractivity contribution in [3.63, 3.8) is 0 Å². The zero-order chi connectivity index (χ0) is 40.4. The van der Waals surface area contributed by atoms with E-state index in [9.17, 15) is 5.48 Å². The fourth-order valence-corrected chi connectivity index (χ4v) is 8.08. The standard InChI is InChI=1S/C50H30O/c1-4-16-35-31(12-1)15-11-23-39(35)47-40-19-7-9-21-42(40)50(43-22-10-8-20-41(43)47)49-37-18-6-3-13-32(37)24-27-38(49)34-26-28-45-44(30-34)48-36-17-5-2-14-33(36)25-29-46(48)51-45/h1-30H/i7D,8D,9D,10D,19D,20D,21D,22D. The van der Waals surface area contributed by atoms with Crippen LogP contribution in [0.2, 0.25) is 0 Å². The lowest BCUT2D eigenvalue weighted by Crippen LogP contribution is -1.94. The van der Waals surface area contributed by atoms with Crippen molar-refractivity contribution in [1.82, 2.24) is 0 Å². The Kier molecular flexibility index (Phi) is 4.57. The molecule has 10 aromatic carbocycles. The maximum Gasteiger partial charge on any atom is 0.136 e. The Labute approximate surface area is 305 Å². The van der Waals surface area contributed by atoms with Crippen LogP contribution >= 0.6 is 0 Å². The van der Waals surface area contributed by atoms with Gasteiger partial charge in [0.05, 0.1) is 11.0 Å². The van der Waals surface area contributed by atoms with Gasteiger partial charge in [0.2, 0.25) is 0 Å². The summed E-state index contributed by atoms with van der Waals surface area (Å²) in [5, 5.41) is 7.99. The third-order valence-electron chi connectivity index (χ3n) is 10.3. The summed E-state index contributed by atoms with van der Waals surface area (Å²) in [7, 11) is 0. The van der Waals surface area contributed by atoms with E-state index in [4.69, 9.17) is 9.90 Å². The van der Waals surface area contributed by atoms with Crippen molar-refractivity contribution in [2.45, 2.75) is 0 Å². The summed E-state index contributed by atoms with van der Waals surface area (Å²) in [6.45, 7) is 0. The van der Waals surface area contributed by atoms with Gasteiger partial charge < -0.3 is 4.42 Å². The second-order valence-corrected chi connectivity index (χ2v) is 13.0. The van der Waals surface area contributed by atoms with E-state index < -0.39 is 24.2 Å². The molecule has 0 bridgehead atoms. The predicted octanol–water partition coefficient (Wildman–Crippen LogP) is 14.4. The summed E-state index contributed by atoms with van der Waals surface area (Å²) < 4.78 is 81.0. The molecule has 0 spiro atoms. The normalized spacial score (nSPS) is 14.1. The summed E-state index contributed by atoms with van der Waals surface area (Å²) in [4.78, 5) is 0. The average molecular weight is 655 g/mol. The zero-order valence-electron chi connectivity index (χ0n) is 35.1. The fraction of sp³-hybridized carbons (Fsp3) is 0. The third kappa shape index (κ3) is 4.16. The highest BCUT2D eigenvalue weighted by atomic mass is 16.3. The van der Waals surface area contributed by atoms with E-state index in [1.165, 1.54) is 0 Å². The minimum Gasteiger partial charge on any atom is -0.456 e. The Morgan fingerprint density at radius 3 is 1.63 bits per heavy atom. The van der Waals surface area contributed by atoms with Gasteiger partial charge in [0.25, 0.3) is 0 Å². The summed E-state index contributed by atoms with van der Waals surface area (Å²) in [6.07, 6.45) is 0. The molecule has 0 amide bonds. The molecule has 1 aromatic heterocycles. The molecule has 0 saturated carbocycles. The zero-order valence-corrected chi connectivity index (χ0v) is 27.1. The Hall–Kier alpha value is -6.70. The molecule has 0 atom stereocenters. The molecule has 0 saturated heterocycles. The van der Waals surface area contributed by atoms with Crippen molar-refractivity contribution in [1.29, 1.82) is 0 Å². The molecule has 236 valence electrons. The molecule has 1 heterocycles. The van der Waals surface area contributed by atoms with Gasteiger partial charge in [-0.1, -0.05) is 164 Å². The molecule has 0 aliphatic carbocycles. The van der Waals surface area contributed by atoms with Gasteiger partial charge in [-0.25, -0.2) is 0 Å². The maximum atomic E-state index is 9.68. The number of hydrogen-bond donors (Lipinski definition) is 0. The van der Waals surface area contributed by atoms with Gasteiger partial charge in [0.15, 0.2) is 0 Å². The number of benzene rings is 10. The first kappa shape index (κ1) is 21.4. The Balaban J connectivity index is 1.39. The van der Waals surface area contributed by atoms with Gasteiger partial charge in [-0.2, -0.15) is 0 Å². The maximum absolute atomic E-state index is 9.68. The molecule has 0 unspecified atom stereocenters. The van der Waals surface area contributed by atoms with Gasteiger partial charge in [0, 0.05) is 10.8 Å². The van der Waals surface area contributed by atoms with E-state index in [-0.39, 0.29) is 45.7 Å². The van der Waals surface area contributed by atoms with Gasteiger partial charge in [0.1, 0.15) is 11.2 Å². The Morgan fingerprint density at radius 1 is 0.353 bits per heavy atom. The number of hydrogen-bond acceptors (Lipinski definition) is 1. The van der Waals surface area contributed by atoms with Crippen LogP contribution in [0.5, 0.6) is 0 Å². The molecular weight excluding hydrogens is 617 g/mol. The van der Waals surface area contributed by atoms with Gasteiger partial charge in [-0.05, 0) is 105 Å². The Morgan fingerprint density at radius 2 is 0.902 bits per heavy atom. The van der Waals surface area contributed by atoms with Gasteiger partial charge in [-0.3, -0.25) is 0 Å². The second kappa shape index (κ2) is 10.9. The minimum atomic E-state index is -0.437. The van der Waals surface area contributed by atoms with E-state index >= 15 is 0 Å². The molecule has 0 fully saturated rings. The summed E-state index contributed by atoms with van der Waals surface area (Å²) in [6, 6.07) is 40.4. The van der Waals surface area contributed by atoms with Crippen molar-refractivity contribution in [3.8, 4) is 33.4 Å². The highest BCUT2D eigenvalue weighted by Gasteiger charge is 2.22. The summed E-state index contributed by atoms with van der Waals surface area (Å²) in [5.41, 5.74) is 4.82. The highest BCUT2D eigenvalue weighted by Crippen LogP contribution is 2.49. The molecule has 1 nitrogen and oxygen atoms in total. The van der Waals surface area contributed by atoms with Crippen LogP contribution in [0.1, 0.15) is 11.0 Å². The number of fused-ring (bicyclic) bond motifs is 9. The van der Waals surface area contributed by atoms with Gasteiger partial charge in [-0.15, -0.1) is 0 Å². The van der Waals surface area contributed by atoms with E-state index in [0.29, 0.717) is 27.8 Å². The van der Waals surface area contributed by atoms with Crippen LogP contribution < -0.4 is 0 Å². The largest absolute Gasteiger partial charge is 0.456 e. The van der Waals surface area contributed by atoms with Crippen molar-refractivity contribution in [3.05, 3.63) is 182 Å². The van der Waals surface area contributed by atoms with Gasteiger partial charge >= 0.3 is 0 Å². The molecule has 0 N–H and O–H groups in total. The van der Waals surface area contributed by atoms with E-state index in [1.54, 1.807) is 0 Å². The van der Waals surface area contributed by atoms with Crippen LogP contribution in [0.15, 0.2) is 186 Å². The van der Waals surface area contributed by atoms with Crippen molar-refractivity contribution < 1.29 is 15.4 Å². The first-order chi connectivity index (χ1) is 28.6. The molecule has 1 heteroatoms. The lowest BCUT2D eigenvalue weighted by molar-refractivity contribution is 0.669. The fourth-order valence-electron chi connectivity index (χ4n) is 8.08. The van der Waals surface area contributed by atoms with Crippen LogP contribution in [0.25, 0.3) is 109 Å².